The molecular formula is C25H22F3NO4. The van der Waals surface area contributed by atoms with Gasteiger partial charge in [-0.15, -0.1) is 0 Å². The Morgan fingerprint density at radius 1 is 1.03 bits per heavy atom. The van der Waals surface area contributed by atoms with Crippen LogP contribution in [0.3, 0.4) is 0 Å². The second-order valence-corrected chi connectivity index (χ2v) is 8.22. The molecule has 0 bridgehead atoms. The minimum atomic E-state index is -4.60. The Morgan fingerprint density at radius 3 is 2.52 bits per heavy atom. The van der Waals surface area contributed by atoms with E-state index in [4.69, 9.17) is 9.47 Å². The normalized spacial score (nSPS) is 15.9. The summed E-state index contributed by atoms with van der Waals surface area (Å²) in [7, 11) is 0. The molecular weight excluding hydrogens is 435 g/mol. The van der Waals surface area contributed by atoms with Crippen molar-refractivity contribution in [2.24, 2.45) is 0 Å². The number of aliphatic hydroxyl groups excluding tert-OH is 1. The van der Waals surface area contributed by atoms with Crippen LogP contribution in [0.4, 0.5) is 18.9 Å². The van der Waals surface area contributed by atoms with Crippen molar-refractivity contribution in [3.8, 4) is 22.6 Å². The number of rotatable bonds is 5. The van der Waals surface area contributed by atoms with Crippen LogP contribution in [0.1, 0.15) is 31.0 Å². The number of fused-ring (bicyclic) bond motifs is 1. The molecule has 0 saturated heterocycles. The topological polar surface area (TPSA) is 67.8 Å². The summed E-state index contributed by atoms with van der Waals surface area (Å²) >= 11 is 0. The molecule has 1 aliphatic heterocycles. The number of hydrogen-bond donors (Lipinski definition) is 2. The van der Waals surface area contributed by atoms with E-state index in [1.165, 1.54) is 6.07 Å². The molecule has 0 spiro atoms. The van der Waals surface area contributed by atoms with E-state index >= 15 is 0 Å². The molecule has 3 aromatic rings. The maximum atomic E-state index is 13.6. The minimum Gasteiger partial charge on any atom is -0.454 e. The van der Waals surface area contributed by atoms with Crippen molar-refractivity contribution < 1.29 is 34.0 Å². The summed E-state index contributed by atoms with van der Waals surface area (Å²) in [6.45, 7) is -0.207. The fraction of sp³-hybridized carbons (Fsp3) is 0.240. The monoisotopic (exact) mass is 457 g/mol. The maximum absolute atomic E-state index is 13.6. The number of amides is 1. The lowest BCUT2D eigenvalue weighted by Gasteiger charge is -2.19. The predicted octanol–water partition coefficient (Wildman–Crippen LogP) is 5.51. The first-order valence-electron chi connectivity index (χ1n) is 10.4. The van der Waals surface area contributed by atoms with Crippen molar-refractivity contribution in [3.05, 3.63) is 77.4 Å². The number of alkyl halides is 3. The zero-order valence-electron chi connectivity index (χ0n) is 17.4. The Bertz CT molecular complexity index is 1240. The molecule has 0 atom stereocenters. The van der Waals surface area contributed by atoms with Gasteiger partial charge in [-0.25, -0.2) is 0 Å². The number of anilines is 1. The van der Waals surface area contributed by atoms with Gasteiger partial charge in [-0.3, -0.25) is 4.79 Å². The zero-order chi connectivity index (χ0) is 23.2. The average molecular weight is 457 g/mol. The van der Waals surface area contributed by atoms with Gasteiger partial charge in [0.05, 0.1) is 17.6 Å². The Labute approximate surface area is 189 Å². The number of nitrogens with one attached hydrogen (secondary N) is 1. The van der Waals surface area contributed by atoms with Crippen LogP contribution in [-0.2, 0) is 23.0 Å². The van der Waals surface area contributed by atoms with Gasteiger partial charge in [-0.2, -0.15) is 13.2 Å². The lowest BCUT2D eigenvalue weighted by Crippen LogP contribution is -2.28. The first kappa shape index (κ1) is 21.3. The van der Waals surface area contributed by atoms with E-state index in [1.54, 1.807) is 42.5 Å². The fourth-order valence-electron chi connectivity index (χ4n) is 4.18. The van der Waals surface area contributed by atoms with Gasteiger partial charge in [0, 0.05) is 7.11 Å². The van der Waals surface area contributed by atoms with Crippen molar-refractivity contribution in [3.63, 3.8) is 0 Å². The highest BCUT2D eigenvalue weighted by molar-refractivity contribution is 6.02. The Morgan fingerprint density at radius 2 is 1.79 bits per heavy atom. The summed E-state index contributed by atoms with van der Waals surface area (Å²) in [6.07, 6.45) is -3.44. The molecule has 0 aromatic heterocycles. The van der Waals surface area contributed by atoms with E-state index < -0.39 is 17.2 Å². The summed E-state index contributed by atoms with van der Waals surface area (Å²) in [4.78, 5) is 13.2. The first-order valence-corrected chi connectivity index (χ1v) is 10.4. The van der Waals surface area contributed by atoms with Crippen LogP contribution in [0.2, 0.25) is 0 Å². The predicted molar refractivity (Wildman–Crippen MR) is 117 cm³/mol. The van der Waals surface area contributed by atoms with Gasteiger partial charge in [-0.1, -0.05) is 30.3 Å². The molecule has 1 amide bonds. The molecule has 8 heteroatoms. The number of halogens is 3. The van der Waals surface area contributed by atoms with Crippen LogP contribution in [0.5, 0.6) is 11.5 Å². The molecule has 1 fully saturated rings. The highest BCUT2D eigenvalue weighted by Gasteiger charge is 2.51. The van der Waals surface area contributed by atoms with Crippen LogP contribution in [0.25, 0.3) is 11.1 Å². The average Bonchev–Trinajstić information content (AvgIpc) is 3.49. The summed E-state index contributed by atoms with van der Waals surface area (Å²) in [5, 5.41) is 12.3. The lowest BCUT2D eigenvalue weighted by molar-refractivity contribution is -0.137. The van der Waals surface area contributed by atoms with Gasteiger partial charge in [-0.05, 0) is 65.4 Å². The van der Waals surface area contributed by atoms with E-state index in [0.29, 0.717) is 35.5 Å². The molecule has 33 heavy (non-hydrogen) atoms. The molecule has 172 valence electrons. The standard InChI is InChI=1S/C25H20F3NO4.H2/c26-25(27,28)18-9-16(20-4-2-1-3-15(20)13-30)10-19(11-18)29-23(31)24(7-8-24)17-5-6-21-22(12-17)33-14-32-21;/h1-6,9-12,30H,7-8,13-14H2,(H,29,31);1H. The third-order valence-electron chi connectivity index (χ3n) is 6.13. The van der Waals surface area contributed by atoms with Crippen molar-refractivity contribution >= 4 is 11.6 Å². The molecule has 2 aliphatic rings. The second-order valence-electron chi connectivity index (χ2n) is 8.22. The minimum absolute atomic E-state index is 0. The Balaban J connectivity index is 0.00000274. The summed E-state index contributed by atoms with van der Waals surface area (Å²) < 4.78 is 51.6. The van der Waals surface area contributed by atoms with Crippen LogP contribution >= 0.6 is 0 Å². The smallest absolute Gasteiger partial charge is 0.416 e. The van der Waals surface area contributed by atoms with Gasteiger partial charge in [0.25, 0.3) is 0 Å². The lowest BCUT2D eigenvalue weighted by atomic mass is 9.93. The van der Waals surface area contributed by atoms with Gasteiger partial charge in [0.2, 0.25) is 12.7 Å². The number of ether oxygens (including phenoxy) is 2. The van der Waals surface area contributed by atoms with Crippen molar-refractivity contribution in [2.45, 2.75) is 31.0 Å². The molecule has 0 unspecified atom stereocenters. The molecule has 3 aromatic carbocycles. The SMILES string of the molecule is O=C(Nc1cc(-c2ccccc2CO)cc(C(F)(F)F)c1)C1(c2ccc3c(c2)OCO3)CC1.[HH]. The van der Waals surface area contributed by atoms with Crippen molar-refractivity contribution in [1.82, 2.24) is 0 Å². The van der Waals surface area contributed by atoms with Gasteiger partial charge in [0.15, 0.2) is 11.5 Å². The van der Waals surface area contributed by atoms with Gasteiger partial charge >= 0.3 is 6.18 Å². The molecule has 5 nitrogen and oxygen atoms in total. The molecule has 1 heterocycles. The third kappa shape index (κ3) is 3.91. The van der Waals surface area contributed by atoms with E-state index in [9.17, 15) is 23.1 Å². The highest BCUT2D eigenvalue weighted by atomic mass is 19.4. The van der Waals surface area contributed by atoms with Crippen molar-refractivity contribution in [2.75, 3.05) is 12.1 Å². The van der Waals surface area contributed by atoms with E-state index in [1.807, 2.05) is 0 Å². The zero-order valence-corrected chi connectivity index (χ0v) is 17.4. The number of benzene rings is 3. The van der Waals surface area contributed by atoms with E-state index in [-0.39, 0.29) is 32.0 Å². The summed E-state index contributed by atoms with van der Waals surface area (Å²) in [5.74, 6) is 0.774. The number of carbonyl (C=O) groups excluding carboxylic acids is 1. The Hall–Kier alpha value is -3.52. The van der Waals surface area contributed by atoms with Crippen molar-refractivity contribution in [1.29, 1.82) is 0 Å². The van der Waals surface area contributed by atoms with Crippen LogP contribution in [0, 0.1) is 0 Å². The number of aliphatic hydroxyl groups is 1. The molecule has 1 saturated carbocycles. The largest absolute Gasteiger partial charge is 0.454 e. The van der Waals surface area contributed by atoms with E-state index in [2.05, 4.69) is 5.32 Å². The maximum Gasteiger partial charge on any atom is 0.416 e. The van der Waals surface area contributed by atoms with Gasteiger partial charge in [0.1, 0.15) is 0 Å². The first-order chi connectivity index (χ1) is 15.8. The van der Waals surface area contributed by atoms with E-state index in [0.717, 1.165) is 17.7 Å². The molecule has 5 rings (SSSR count). The fourth-order valence-corrected chi connectivity index (χ4v) is 4.18. The molecule has 2 N–H and O–H groups in total. The van der Waals surface area contributed by atoms with Crippen LogP contribution in [0.15, 0.2) is 60.7 Å². The molecule has 0 radical (unpaired) electrons. The molecule has 1 aliphatic carbocycles. The quantitative estimate of drug-likeness (QED) is 0.530. The second kappa shape index (κ2) is 7.81. The number of hydrogen-bond acceptors (Lipinski definition) is 4. The third-order valence-corrected chi connectivity index (χ3v) is 6.13. The highest BCUT2D eigenvalue weighted by Crippen LogP contribution is 2.51. The van der Waals surface area contributed by atoms with Gasteiger partial charge < -0.3 is 19.9 Å². The van der Waals surface area contributed by atoms with Crippen LogP contribution in [-0.4, -0.2) is 17.8 Å². The van der Waals surface area contributed by atoms with Crippen LogP contribution < -0.4 is 14.8 Å². The number of carbonyl (C=O) groups is 1. The Kier molecular flexibility index (Phi) is 5.05. The summed E-state index contributed by atoms with van der Waals surface area (Å²) in [6, 6.07) is 15.4. The summed E-state index contributed by atoms with van der Waals surface area (Å²) in [5.41, 5.74) is 0.310.